The van der Waals surface area contributed by atoms with Crippen molar-refractivity contribution in [3.8, 4) is 0 Å². The number of carbonyl (C=O) groups is 1. The van der Waals surface area contributed by atoms with Crippen LogP contribution in [-0.4, -0.2) is 11.3 Å². The summed E-state index contributed by atoms with van der Waals surface area (Å²) in [4.78, 5) is 14.0. The van der Waals surface area contributed by atoms with Crippen molar-refractivity contribution in [3.05, 3.63) is 36.2 Å². The zero-order chi connectivity index (χ0) is 8.10. The van der Waals surface area contributed by atoms with Crippen molar-refractivity contribution >= 4 is 11.9 Å². The molecule has 0 aliphatic carbocycles. The van der Waals surface area contributed by atoms with E-state index in [0.717, 1.165) is 17.4 Å². The first-order valence-corrected chi connectivity index (χ1v) is 3.37. The molecule has 0 aliphatic heterocycles. The molecule has 1 aromatic heterocycles. The molecule has 0 spiro atoms. The van der Waals surface area contributed by atoms with E-state index in [1.165, 1.54) is 6.08 Å². The maximum Gasteiger partial charge on any atom is 0.143 e. The molecule has 0 bridgehead atoms. The van der Waals surface area contributed by atoms with Crippen LogP contribution in [-0.2, 0) is 4.79 Å². The molecule has 0 radical (unpaired) electrons. The Morgan fingerprint density at radius 3 is 3.00 bits per heavy atom. The number of aldehydes is 1. The van der Waals surface area contributed by atoms with Gasteiger partial charge in [-0.1, -0.05) is 6.07 Å². The molecule has 0 fully saturated rings. The summed E-state index contributed by atoms with van der Waals surface area (Å²) in [5, 5.41) is 0. The molecule has 0 atom stereocenters. The predicted molar refractivity (Wildman–Crippen MR) is 44.0 cm³/mol. The van der Waals surface area contributed by atoms with Crippen LogP contribution in [0.4, 0.5) is 0 Å². The van der Waals surface area contributed by atoms with Crippen LogP contribution < -0.4 is 0 Å². The summed E-state index contributed by atoms with van der Waals surface area (Å²) in [6, 6.07) is 3.76. The molecule has 2 nitrogen and oxygen atoms in total. The number of nitrogens with zero attached hydrogens (tertiary/aromatic N) is 1. The Hall–Kier alpha value is -1.44. The van der Waals surface area contributed by atoms with Gasteiger partial charge >= 0.3 is 0 Å². The number of allylic oxidation sites excluding steroid dienone is 2. The molecule has 0 N–H and O–H groups in total. The van der Waals surface area contributed by atoms with Gasteiger partial charge in [-0.2, -0.15) is 0 Å². The molecule has 0 amide bonds. The third-order valence-corrected chi connectivity index (χ3v) is 1.43. The Bertz CT molecular complexity index is 264. The van der Waals surface area contributed by atoms with Gasteiger partial charge in [-0.15, -0.1) is 0 Å². The van der Waals surface area contributed by atoms with E-state index >= 15 is 0 Å². The van der Waals surface area contributed by atoms with Crippen molar-refractivity contribution in [2.75, 3.05) is 0 Å². The third-order valence-electron chi connectivity index (χ3n) is 1.43. The standard InChI is InChI=1S/C9H9NO/c1-8(4-6-11)9-3-2-5-10-7-9/h2-7H,1H3/b8-4+. The predicted octanol–water partition coefficient (Wildman–Crippen LogP) is 1.68. The molecule has 0 aliphatic rings. The van der Waals surface area contributed by atoms with Crippen molar-refractivity contribution in [1.29, 1.82) is 0 Å². The zero-order valence-electron chi connectivity index (χ0n) is 6.32. The number of pyridine rings is 1. The van der Waals surface area contributed by atoms with Gasteiger partial charge < -0.3 is 0 Å². The largest absolute Gasteiger partial charge is 0.299 e. The first-order valence-electron chi connectivity index (χ1n) is 3.37. The van der Waals surface area contributed by atoms with Gasteiger partial charge in [0.1, 0.15) is 6.29 Å². The molecule has 0 unspecified atom stereocenters. The van der Waals surface area contributed by atoms with Gasteiger partial charge in [0.2, 0.25) is 0 Å². The highest BCUT2D eigenvalue weighted by atomic mass is 16.1. The molecular formula is C9H9NO. The lowest BCUT2D eigenvalue weighted by Crippen LogP contribution is -1.80. The molecule has 0 saturated heterocycles. The summed E-state index contributed by atoms with van der Waals surface area (Å²) in [6.45, 7) is 1.88. The number of rotatable bonds is 2. The minimum atomic E-state index is 0.780. The monoisotopic (exact) mass is 147 g/mol. The van der Waals surface area contributed by atoms with Crippen LogP contribution in [0.25, 0.3) is 5.57 Å². The Morgan fingerprint density at radius 2 is 2.45 bits per heavy atom. The Labute approximate surface area is 65.6 Å². The van der Waals surface area contributed by atoms with Crippen LogP contribution in [0.15, 0.2) is 30.6 Å². The fourth-order valence-electron chi connectivity index (χ4n) is 0.794. The smallest absolute Gasteiger partial charge is 0.143 e. The molecule has 1 rings (SSSR count). The number of aromatic nitrogens is 1. The lowest BCUT2D eigenvalue weighted by Gasteiger charge is -1.96. The number of hydrogen-bond donors (Lipinski definition) is 0. The van der Waals surface area contributed by atoms with Gasteiger partial charge in [0.25, 0.3) is 0 Å². The van der Waals surface area contributed by atoms with Crippen molar-refractivity contribution in [3.63, 3.8) is 0 Å². The minimum absolute atomic E-state index is 0.780. The maximum absolute atomic E-state index is 10.1. The highest BCUT2D eigenvalue weighted by Gasteiger charge is 1.91. The van der Waals surface area contributed by atoms with Gasteiger partial charge in [-0.25, -0.2) is 0 Å². The van der Waals surface area contributed by atoms with E-state index in [0.29, 0.717) is 0 Å². The van der Waals surface area contributed by atoms with E-state index in [-0.39, 0.29) is 0 Å². The van der Waals surface area contributed by atoms with Crippen LogP contribution in [0.1, 0.15) is 12.5 Å². The van der Waals surface area contributed by atoms with Crippen molar-refractivity contribution in [1.82, 2.24) is 4.98 Å². The molecule has 1 aromatic rings. The Morgan fingerprint density at radius 1 is 1.64 bits per heavy atom. The summed E-state index contributed by atoms with van der Waals surface area (Å²) < 4.78 is 0. The molecule has 56 valence electrons. The second-order valence-corrected chi connectivity index (χ2v) is 2.23. The van der Waals surface area contributed by atoms with Gasteiger partial charge in [-0.05, 0) is 30.2 Å². The molecule has 0 aromatic carbocycles. The number of hydrogen-bond acceptors (Lipinski definition) is 2. The minimum Gasteiger partial charge on any atom is -0.299 e. The summed E-state index contributed by atoms with van der Waals surface area (Å²) in [6.07, 6.45) is 5.74. The Kier molecular flexibility index (Phi) is 2.55. The van der Waals surface area contributed by atoms with Crippen molar-refractivity contribution in [2.45, 2.75) is 6.92 Å². The summed E-state index contributed by atoms with van der Waals surface area (Å²) >= 11 is 0. The van der Waals surface area contributed by atoms with Crippen molar-refractivity contribution in [2.24, 2.45) is 0 Å². The Balaban J connectivity index is 2.94. The van der Waals surface area contributed by atoms with Crippen LogP contribution in [0.5, 0.6) is 0 Å². The van der Waals surface area contributed by atoms with E-state index < -0.39 is 0 Å². The van der Waals surface area contributed by atoms with Crippen LogP contribution >= 0.6 is 0 Å². The lowest BCUT2D eigenvalue weighted by molar-refractivity contribution is -0.104. The van der Waals surface area contributed by atoms with E-state index in [1.54, 1.807) is 12.4 Å². The van der Waals surface area contributed by atoms with Crippen LogP contribution in [0.3, 0.4) is 0 Å². The molecular weight excluding hydrogens is 138 g/mol. The van der Waals surface area contributed by atoms with Gasteiger partial charge in [0.15, 0.2) is 0 Å². The molecule has 0 saturated carbocycles. The van der Waals surface area contributed by atoms with E-state index in [9.17, 15) is 4.79 Å². The summed E-state index contributed by atoms with van der Waals surface area (Å²) in [5.41, 5.74) is 1.92. The van der Waals surface area contributed by atoms with Gasteiger partial charge in [-0.3, -0.25) is 9.78 Å². The van der Waals surface area contributed by atoms with Crippen LogP contribution in [0, 0.1) is 0 Å². The summed E-state index contributed by atoms with van der Waals surface area (Å²) in [5.74, 6) is 0. The third kappa shape index (κ3) is 2.00. The highest BCUT2D eigenvalue weighted by Crippen LogP contribution is 2.09. The first kappa shape index (κ1) is 7.66. The van der Waals surface area contributed by atoms with Gasteiger partial charge in [0, 0.05) is 12.4 Å². The molecule has 1 heterocycles. The second-order valence-electron chi connectivity index (χ2n) is 2.23. The zero-order valence-corrected chi connectivity index (χ0v) is 6.32. The topological polar surface area (TPSA) is 30.0 Å². The highest BCUT2D eigenvalue weighted by molar-refractivity contribution is 5.80. The normalized spacial score (nSPS) is 11.2. The van der Waals surface area contributed by atoms with E-state index in [1.807, 2.05) is 19.1 Å². The van der Waals surface area contributed by atoms with E-state index in [4.69, 9.17) is 0 Å². The van der Waals surface area contributed by atoms with Crippen LogP contribution in [0.2, 0.25) is 0 Å². The molecule has 11 heavy (non-hydrogen) atoms. The second kappa shape index (κ2) is 3.66. The fraction of sp³-hybridized carbons (Fsp3) is 0.111. The van der Waals surface area contributed by atoms with Gasteiger partial charge in [0.05, 0.1) is 0 Å². The number of carbonyl (C=O) groups excluding carboxylic acids is 1. The quantitative estimate of drug-likeness (QED) is 0.470. The lowest BCUT2D eigenvalue weighted by atomic mass is 10.1. The first-order chi connectivity index (χ1) is 5.34. The maximum atomic E-state index is 10.1. The average Bonchev–Trinajstić information content (AvgIpc) is 2.07. The summed E-state index contributed by atoms with van der Waals surface area (Å²) in [7, 11) is 0. The van der Waals surface area contributed by atoms with E-state index in [2.05, 4.69) is 4.98 Å². The fourth-order valence-corrected chi connectivity index (χ4v) is 0.794. The van der Waals surface area contributed by atoms with Crippen molar-refractivity contribution < 1.29 is 4.79 Å². The molecule has 2 heteroatoms. The SMILES string of the molecule is C/C(=C\C=O)c1cccnc1. The average molecular weight is 147 g/mol.